The lowest BCUT2D eigenvalue weighted by molar-refractivity contribution is 0.300. The summed E-state index contributed by atoms with van der Waals surface area (Å²) in [5.74, 6) is 2.43. The summed E-state index contributed by atoms with van der Waals surface area (Å²) in [5.41, 5.74) is 2.63. The first kappa shape index (κ1) is 14.9. The quantitative estimate of drug-likeness (QED) is 0.769. The van der Waals surface area contributed by atoms with Gasteiger partial charge in [-0.1, -0.05) is 12.1 Å². The summed E-state index contributed by atoms with van der Waals surface area (Å²) in [5, 5.41) is 13.1. The fourth-order valence-corrected chi connectivity index (χ4v) is 4.69. The lowest BCUT2D eigenvalue weighted by Gasteiger charge is -2.22. The standard InChI is InChI=1S/C20H23N5/c1-2-20(24-22-8-1)23-18-6-5-16-12-25(13-17(16)18)11-14-3-4-15-7-9-21-19(15)10-14/h1-4,7-10,16-18,21H,5-6,11-13H2,(H,23,24)/t16-,17+,18-/m1/s1. The van der Waals surface area contributed by atoms with E-state index in [2.05, 4.69) is 49.7 Å². The first-order valence-electron chi connectivity index (χ1n) is 9.18. The highest BCUT2D eigenvalue weighted by Crippen LogP contribution is 2.39. The van der Waals surface area contributed by atoms with Crippen LogP contribution in [0.3, 0.4) is 0 Å². The highest BCUT2D eigenvalue weighted by Gasteiger charge is 2.42. The number of nitrogens with zero attached hydrogens (tertiary/aromatic N) is 3. The molecule has 5 nitrogen and oxygen atoms in total. The molecule has 25 heavy (non-hydrogen) atoms. The molecule has 0 spiro atoms. The normalized spacial score (nSPS) is 26.2. The predicted octanol–water partition coefficient (Wildman–Crippen LogP) is 3.28. The summed E-state index contributed by atoms with van der Waals surface area (Å²) < 4.78 is 0. The van der Waals surface area contributed by atoms with Gasteiger partial charge in [0.1, 0.15) is 5.82 Å². The van der Waals surface area contributed by atoms with Gasteiger partial charge in [0, 0.05) is 43.6 Å². The molecule has 3 heterocycles. The molecule has 1 aromatic carbocycles. The Morgan fingerprint density at radius 2 is 2.16 bits per heavy atom. The lowest BCUT2D eigenvalue weighted by atomic mass is 9.98. The van der Waals surface area contributed by atoms with Crippen molar-refractivity contribution in [1.29, 1.82) is 0 Å². The van der Waals surface area contributed by atoms with Crippen LogP contribution in [0.2, 0.25) is 0 Å². The number of anilines is 1. The molecule has 1 aliphatic carbocycles. The van der Waals surface area contributed by atoms with Gasteiger partial charge in [-0.3, -0.25) is 4.90 Å². The van der Waals surface area contributed by atoms with Crippen molar-refractivity contribution in [2.75, 3.05) is 18.4 Å². The molecular formula is C20H23N5. The third-order valence-electron chi connectivity index (χ3n) is 5.86. The fraction of sp³-hybridized carbons (Fsp3) is 0.400. The van der Waals surface area contributed by atoms with E-state index in [1.807, 2.05) is 18.3 Å². The first-order chi connectivity index (χ1) is 12.3. The average molecular weight is 333 g/mol. The number of aromatic nitrogens is 3. The van der Waals surface area contributed by atoms with E-state index >= 15 is 0 Å². The maximum absolute atomic E-state index is 4.19. The number of benzene rings is 1. The number of hydrogen-bond acceptors (Lipinski definition) is 4. The molecule has 1 aliphatic heterocycles. The minimum Gasteiger partial charge on any atom is -0.366 e. The van der Waals surface area contributed by atoms with E-state index in [4.69, 9.17) is 0 Å². The highest BCUT2D eigenvalue weighted by atomic mass is 15.2. The predicted molar refractivity (Wildman–Crippen MR) is 99.2 cm³/mol. The van der Waals surface area contributed by atoms with Crippen LogP contribution < -0.4 is 5.32 Å². The van der Waals surface area contributed by atoms with Crippen molar-refractivity contribution in [3.8, 4) is 0 Å². The Bertz CT molecular complexity index is 859. The summed E-state index contributed by atoms with van der Waals surface area (Å²) in [6, 6.07) is 13.4. The third kappa shape index (κ3) is 2.89. The van der Waals surface area contributed by atoms with Crippen LogP contribution >= 0.6 is 0 Å². The first-order valence-corrected chi connectivity index (χ1v) is 9.18. The van der Waals surface area contributed by atoms with Crippen LogP contribution in [0.5, 0.6) is 0 Å². The molecule has 3 atom stereocenters. The second kappa shape index (κ2) is 6.15. The van der Waals surface area contributed by atoms with Gasteiger partial charge in [0.2, 0.25) is 0 Å². The number of hydrogen-bond donors (Lipinski definition) is 2. The molecule has 3 aromatic rings. The molecule has 128 valence electrons. The van der Waals surface area contributed by atoms with Crippen LogP contribution in [-0.2, 0) is 6.54 Å². The summed E-state index contributed by atoms with van der Waals surface area (Å²) in [7, 11) is 0. The van der Waals surface area contributed by atoms with E-state index in [9.17, 15) is 0 Å². The smallest absolute Gasteiger partial charge is 0.148 e. The lowest BCUT2D eigenvalue weighted by Crippen LogP contribution is -2.30. The van der Waals surface area contributed by atoms with Gasteiger partial charge in [-0.05, 0) is 59.9 Å². The molecule has 0 bridgehead atoms. The van der Waals surface area contributed by atoms with Gasteiger partial charge in [-0.2, -0.15) is 5.10 Å². The van der Waals surface area contributed by atoms with Crippen LogP contribution in [0.25, 0.3) is 10.9 Å². The van der Waals surface area contributed by atoms with Crippen LogP contribution in [0.1, 0.15) is 18.4 Å². The second-order valence-electron chi connectivity index (χ2n) is 7.45. The van der Waals surface area contributed by atoms with Gasteiger partial charge in [0.15, 0.2) is 0 Å². The minimum atomic E-state index is 0.526. The summed E-state index contributed by atoms with van der Waals surface area (Å²) in [6.07, 6.45) is 6.29. The van der Waals surface area contributed by atoms with Gasteiger partial charge in [-0.15, -0.1) is 5.10 Å². The second-order valence-corrected chi connectivity index (χ2v) is 7.45. The van der Waals surface area contributed by atoms with Crippen molar-refractivity contribution in [3.05, 3.63) is 54.4 Å². The molecule has 0 radical (unpaired) electrons. The summed E-state index contributed by atoms with van der Waals surface area (Å²) in [6.45, 7) is 3.43. The minimum absolute atomic E-state index is 0.526. The van der Waals surface area contributed by atoms with Crippen molar-refractivity contribution in [2.24, 2.45) is 11.8 Å². The Hall–Kier alpha value is -2.40. The number of rotatable bonds is 4. The molecule has 2 N–H and O–H groups in total. The largest absolute Gasteiger partial charge is 0.366 e. The van der Waals surface area contributed by atoms with Crippen molar-refractivity contribution >= 4 is 16.7 Å². The zero-order valence-electron chi connectivity index (χ0n) is 14.2. The molecule has 0 amide bonds. The number of aromatic amines is 1. The van der Waals surface area contributed by atoms with E-state index in [1.54, 1.807) is 6.20 Å². The Kier molecular flexibility index (Phi) is 3.67. The van der Waals surface area contributed by atoms with Gasteiger partial charge in [-0.25, -0.2) is 0 Å². The van der Waals surface area contributed by atoms with Crippen LogP contribution in [0.4, 0.5) is 5.82 Å². The number of fused-ring (bicyclic) bond motifs is 2. The number of likely N-dealkylation sites (tertiary alicyclic amines) is 1. The third-order valence-corrected chi connectivity index (χ3v) is 5.86. The summed E-state index contributed by atoms with van der Waals surface area (Å²) >= 11 is 0. The van der Waals surface area contributed by atoms with Crippen LogP contribution in [-0.4, -0.2) is 39.2 Å². The Morgan fingerprint density at radius 1 is 1.16 bits per heavy atom. The van der Waals surface area contributed by atoms with E-state index in [1.165, 1.54) is 42.4 Å². The molecule has 0 unspecified atom stereocenters. The van der Waals surface area contributed by atoms with Gasteiger partial charge >= 0.3 is 0 Å². The van der Waals surface area contributed by atoms with E-state index in [0.717, 1.165) is 24.2 Å². The maximum atomic E-state index is 4.19. The molecular weight excluding hydrogens is 310 g/mol. The Balaban J connectivity index is 1.26. The zero-order chi connectivity index (χ0) is 16.6. The number of H-pyrrole nitrogens is 1. The molecule has 5 rings (SSSR count). The van der Waals surface area contributed by atoms with Crippen molar-refractivity contribution in [1.82, 2.24) is 20.1 Å². The van der Waals surface area contributed by atoms with E-state index in [-0.39, 0.29) is 0 Å². The Morgan fingerprint density at radius 3 is 3.08 bits per heavy atom. The molecule has 1 saturated heterocycles. The number of nitrogens with one attached hydrogen (secondary N) is 2. The van der Waals surface area contributed by atoms with Crippen LogP contribution in [0, 0.1) is 11.8 Å². The Labute approximate surface area is 147 Å². The van der Waals surface area contributed by atoms with Gasteiger partial charge in [0.25, 0.3) is 0 Å². The monoisotopic (exact) mass is 333 g/mol. The fourth-order valence-electron chi connectivity index (χ4n) is 4.69. The SMILES string of the molecule is c1cnnc(N[C@@H]2CC[C@@H]3CN(Cc4ccc5cc[nH]c5c4)C[C@@H]32)c1. The molecule has 2 aromatic heterocycles. The van der Waals surface area contributed by atoms with Crippen molar-refractivity contribution < 1.29 is 0 Å². The van der Waals surface area contributed by atoms with Crippen molar-refractivity contribution in [2.45, 2.75) is 25.4 Å². The average Bonchev–Trinajstić information content (AvgIpc) is 3.33. The summed E-state index contributed by atoms with van der Waals surface area (Å²) in [4.78, 5) is 5.93. The molecule has 1 saturated carbocycles. The topological polar surface area (TPSA) is 56.8 Å². The van der Waals surface area contributed by atoms with Crippen molar-refractivity contribution in [3.63, 3.8) is 0 Å². The molecule has 5 heteroatoms. The van der Waals surface area contributed by atoms with E-state index < -0.39 is 0 Å². The highest BCUT2D eigenvalue weighted by molar-refractivity contribution is 5.79. The van der Waals surface area contributed by atoms with Gasteiger partial charge in [0.05, 0.1) is 0 Å². The molecule has 2 aliphatic rings. The maximum Gasteiger partial charge on any atom is 0.148 e. The molecule has 2 fully saturated rings. The zero-order valence-corrected chi connectivity index (χ0v) is 14.2. The van der Waals surface area contributed by atoms with Gasteiger partial charge < -0.3 is 10.3 Å². The van der Waals surface area contributed by atoms with E-state index in [0.29, 0.717) is 6.04 Å². The van der Waals surface area contributed by atoms with Crippen LogP contribution in [0.15, 0.2) is 48.8 Å².